The number of piperazine rings is 1. The second-order valence-electron chi connectivity index (χ2n) is 8.53. The van der Waals surface area contributed by atoms with Crippen molar-refractivity contribution in [2.75, 3.05) is 56.2 Å². The van der Waals surface area contributed by atoms with Crippen LogP contribution in [0, 0.1) is 19.8 Å². The summed E-state index contributed by atoms with van der Waals surface area (Å²) in [7, 11) is 1.67. The molecule has 0 N–H and O–H groups in total. The number of thiazole rings is 1. The van der Waals surface area contributed by atoms with E-state index in [4.69, 9.17) is 9.72 Å². The Hall–Kier alpha value is -2.80. The van der Waals surface area contributed by atoms with Gasteiger partial charge in [0.15, 0.2) is 5.13 Å². The van der Waals surface area contributed by atoms with Crippen molar-refractivity contribution in [2.45, 2.75) is 13.8 Å². The van der Waals surface area contributed by atoms with E-state index in [1.807, 2.05) is 23.1 Å². The fraction of sp³-hybridized carbons (Fsp3) is 0.417. The van der Waals surface area contributed by atoms with Crippen molar-refractivity contribution in [1.82, 2.24) is 9.88 Å². The monoisotopic (exact) mass is 436 g/mol. The summed E-state index contributed by atoms with van der Waals surface area (Å²) >= 11 is 1.68. The maximum Gasteiger partial charge on any atom is 0.229 e. The average Bonchev–Trinajstić information content (AvgIpc) is 3.17. The first-order chi connectivity index (χ1) is 15.0. The van der Waals surface area contributed by atoms with Gasteiger partial charge in [0, 0.05) is 51.0 Å². The van der Waals surface area contributed by atoms with Crippen molar-refractivity contribution in [2.24, 2.45) is 5.92 Å². The lowest BCUT2D eigenvalue weighted by Gasteiger charge is -2.43. The molecule has 6 nitrogen and oxygen atoms in total. The predicted octanol–water partition coefficient (Wildman–Crippen LogP) is 3.71. The normalized spacial score (nSPS) is 17.2. The zero-order valence-corrected chi connectivity index (χ0v) is 19.1. The first-order valence-corrected chi connectivity index (χ1v) is 11.6. The molecule has 162 valence electrons. The van der Waals surface area contributed by atoms with E-state index in [0.29, 0.717) is 5.91 Å². The zero-order chi connectivity index (χ0) is 21.5. The number of fused-ring (bicyclic) bond motifs is 1. The van der Waals surface area contributed by atoms with E-state index in [9.17, 15) is 4.79 Å². The second kappa shape index (κ2) is 8.04. The summed E-state index contributed by atoms with van der Waals surface area (Å²) in [6.07, 6.45) is 0. The summed E-state index contributed by atoms with van der Waals surface area (Å²) in [5, 5.41) is 0.993. The first kappa shape index (κ1) is 20.1. The minimum atomic E-state index is 0.0776. The van der Waals surface area contributed by atoms with Crippen molar-refractivity contribution in [3.8, 4) is 5.75 Å². The molecule has 1 aromatic heterocycles. The number of nitrogens with zero attached hydrogens (tertiary/aromatic N) is 4. The van der Waals surface area contributed by atoms with E-state index in [2.05, 4.69) is 41.8 Å². The van der Waals surface area contributed by atoms with Crippen molar-refractivity contribution in [3.63, 3.8) is 0 Å². The first-order valence-electron chi connectivity index (χ1n) is 10.8. The van der Waals surface area contributed by atoms with Crippen LogP contribution in [0.25, 0.3) is 10.2 Å². The van der Waals surface area contributed by atoms with E-state index in [-0.39, 0.29) is 5.92 Å². The molecule has 2 aliphatic heterocycles. The third-order valence-electron chi connectivity index (χ3n) is 6.38. The topological polar surface area (TPSA) is 48.9 Å². The maximum absolute atomic E-state index is 13.0. The largest absolute Gasteiger partial charge is 0.497 e. The van der Waals surface area contributed by atoms with E-state index < -0.39 is 0 Å². The lowest BCUT2D eigenvalue weighted by Crippen LogP contribution is -2.58. The zero-order valence-electron chi connectivity index (χ0n) is 18.3. The van der Waals surface area contributed by atoms with Gasteiger partial charge < -0.3 is 19.4 Å². The molecule has 0 atom stereocenters. The van der Waals surface area contributed by atoms with Gasteiger partial charge in [0.2, 0.25) is 5.91 Å². The molecular formula is C24H28N4O2S. The quantitative estimate of drug-likeness (QED) is 0.624. The highest BCUT2D eigenvalue weighted by atomic mass is 32.1. The summed E-state index contributed by atoms with van der Waals surface area (Å²) in [5.74, 6) is 1.19. The number of aromatic nitrogens is 1. The SMILES string of the molecule is COc1ccc2sc(N3CC(C(=O)N4CCN(c5cc(C)ccc5C)CC4)C3)nc2c1. The smallest absolute Gasteiger partial charge is 0.229 e. The highest BCUT2D eigenvalue weighted by Crippen LogP contribution is 2.35. The van der Waals surface area contributed by atoms with Crippen molar-refractivity contribution >= 4 is 38.3 Å². The Bertz CT molecular complexity index is 1110. The van der Waals surface area contributed by atoms with Crippen LogP contribution in [-0.4, -0.2) is 62.2 Å². The van der Waals surface area contributed by atoms with Crippen LogP contribution >= 0.6 is 11.3 Å². The van der Waals surface area contributed by atoms with Crippen LogP contribution < -0.4 is 14.5 Å². The predicted molar refractivity (Wildman–Crippen MR) is 127 cm³/mol. The molecule has 5 rings (SSSR count). The van der Waals surface area contributed by atoms with Gasteiger partial charge in [-0.3, -0.25) is 4.79 Å². The Morgan fingerprint density at radius 3 is 2.55 bits per heavy atom. The van der Waals surface area contributed by atoms with Crippen LogP contribution in [0.4, 0.5) is 10.8 Å². The van der Waals surface area contributed by atoms with Gasteiger partial charge >= 0.3 is 0 Å². The van der Waals surface area contributed by atoms with Crippen LogP contribution in [-0.2, 0) is 4.79 Å². The van der Waals surface area contributed by atoms with Crippen molar-refractivity contribution in [3.05, 3.63) is 47.5 Å². The summed E-state index contributed by atoms with van der Waals surface area (Å²) in [6, 6.07) is 12.6. The second-order valence-corrected chi connectivity index (χ2v) is 9.54. The molecule has 2 aliphatic rings. The van der Waals surface area contributed by atoms with Gasteiger partial charge in [0.25, 0.3) is 0 Å². The molecule has 0 bridgehead atoms. The molecule has 3 heterocycles. The molecular weight excluding hydrogens is 408 g/mol. The number of amides is 1. The van der Waals surface area contributed by atoms with Crippen LogP contribution in [0.3, 0.4) is 0 Å². The molecule has 2 saturated heterocycles. The molecule has 0 saturated carbocycles. The molecule has 3 aromatic rings. The van der Waals surface area contributed by atoms with Crippen molar-refractivity contribution in [1.29, 1.82) is 0 Å². The molecule has 1 amide bonds. The van der Waals surface area contributed by atoms with E-state index in [1.54, 1.807) is 18.4 Å². The fourth-order valence-corrected chi connectivity index (χ4v) is 5.40. The Morgan fingerprint density at radius 1 is 1.03 bits per heavy atom. The van der Waals surface area contributed by atoms with Crippen LogP contribution in [0.15, 0.2) is 36.4 Å². The Morgan fingerprint density at radius 2 is 1.81 bits per heavy atom. The lowest BCUT2D eigenvalue weighted by atomic mass is 9.98. The lowest BCUT2D eigenvalue weighted by molar-refractivity contribution is -0.136. The maximum atomic E-state index is 13.0. The van der Waals surface area contributed by atoms with E-state index in [0.717, 1.165) is 60.4 Å². The van der Waals surface area contributed by atoms with Crippen LogP contribution in [0.2, 0.25) is 0 Å². The summed E-state index contributed by atoms with van der Waals surface area (Å²) in [5.41, 5.74) is 4.83. The van der Waals surface area contributed by atoms with Crippen LogP contribution in [0.1, 0.15) is 11.1 Å². The number of hydrogen-bond donors (Lipinski definition) is 0. The van der Waals surface area contributed by atoms with Crippen LogP contribution in [0.5, 0.6) is 5.75 Å². The minimum absolute atomic E-state index is 0.0776. The average molecular weight is 437 g/mol. The van der Waals surface area contributed by atoms with Gasteiger partial charge in [-0.25, -0.2) is 4.98 Å². The molecule has 0 unspecified atom stereocenters. The number of carbonyl (C=O) groups excluding carboxylic acids is 1. The number of ether oxygens (including phenoxy) is 1. The Kier molecular flexibility index (Phi) is 5.22. The third kappa shape index (κ3) is 3.82. The van der Waals surface area contributed by atoms with E-state index >= 15 is 0 Å². The van der Waals surface area contributed by atoms with Gasteiger partial charge in [-0.05, 0) is 43.2 Å². The summed E-state index contributed by atoms with van der Waals surface area (Å²) in [4.78, 5) is 24.4. The van der Waals surface area contributed by atoms with Gasteiger partial charge in [-0.1, -0.05) is 23.5 Å². The number of carbonyl (C=O) groups is 1. The fourth-order valence-electron chi connectivity index (χ4n) is 4.43. The standard InChI is InChI=1S/C24H28N4O2S/c1-16-4-5-17(2)21(12-16)26-8-10-27(11-9-26)23(29)18-14-28(15-18)24-25-20-13-19(30-3)6-7-22(20)31-24/h4-7,12-13,18H,8-11,14-15H2,1-3H3. The van der Waals surface area contributed by atoms with Crippen molar-refractivity contribution < 1.29 is 9.53 Å². The Labute approximate surface area is 187 Å². The molecule has 31 heavy (non-hydrogen) atoms. The number of anilines is 2. The molecule has 0 aliphatic carbocycles. The molecule has 0 spiro atoms. The van der Waals surface area contributed by atoms with Gasteiger partial charge in [-0.15, -0.1) is 0 Å². The van der Waals surface area contributed by atoms with Gasteiger partial charge in [0.1, 0.15) is 5.75 Å². The minimum Gasteiger partial charge on any atom is -0.497 e. The summed E-state index contributed by atoms with van der Waals surface area (Å²) < 4.78 is 6.44. The molecule has 0 radical (unpaired) electrons. The summed E-state index contributed by atoms with van der Waals surface area (Å²) in [6.45, 7) is 9.19. The third-order valence-corrected chi connectivity index (χ3v) is 7.48. The van der Waals surface area contributed by atoms with E-state index in [1.165, 1.54) is 16.8 Å². The number of rotatable bonds is 4. The molecule has 2 fully saturated rings. The Balaban J connectivity index is 1.17. The van der Waals surface area contributed by atoms with Gasteiger partial charge in [0.05, 0.1) is 23.2 Å². The highest BCUT2D eigenvalue weighted by Gasteiger charge is 2.37. The molecule has 7 heteroatoms. The number of benzene rings is 2. The number of methoxy groups -OCH3 is 1. The van der Waals surface area contributed by atoms with Gasteiger partial charge in [-0.2, -0.15) is 0 Å². The molecule has 2 aromatic carbocycles. The highest BCUT2D eigenvalue weighted by molar-refractivity contribution is 7.22. The number of aryl methyl sites for hydroxylation is 2. The number of hydrogen-bond acceptors (Lipinski definition) is 6.